The lowest BCUT2D eigenvalue weighted by Crippen LogP contribution is -2.30. The maximum Gasteiger partial charge on any atom is 0.290 e. The van der Waals surface area contributed by atoms with Crippen molar-refractivity contribution in [3.8, 4) is 0 Å². The third-order valence-corrected chi connectivity index (χ3v) is 3.99. The fourth-order valence-electron chi connectivity index (χ4n) is 2.89. The first-order valence-electron chi connectivity index (χ1n) is 7.44. The standard InChI is InChI=1S/C18H15FN2O3/c1-11(22)15-16(13-4-6-14(19)7-5-13)21(18(24)17(15)23)10-12-3-2-8-20-9-12/h2-9,16,23H,10H2,1H3/p+1. The zero-order valence-electron chi connectivity index (χ0n) is 13.0. The number of rotatable bonds is 4. The number of nitrogens with zero attached hydrogens (tertiary/aromatic N) is 1. The molecule has 1 atom stereocenters. The number of H-pyrrole nitrogens is 1. The minimum atomic E-state index is -0.740. The summed E-state index contributed by atoms with van der Waals surface area (Å²) in [5.74, 6) is -1.96. The highest BCUT2D eigenvalue weighted by Gasteiger charge is 2.42. The van der Waals surface area contributed by atoms with E-state index in [1.54, 1.807) is 18.5 Å². The predicted molar refractivity (Wildman–Crippen MR) is 83.0 cm³/mol. The molecule has 0 spiro atoms. The molecule has 3 rings (SSSR count). The number of hydrogen-bond donors (Lipinski definition) is 1. The molecule has 0 radical (unpaired) electrons. The van der Waals surface area contributed by atoms with E-state index >= 15 is 0 Å². The van der Waals surface area contributed by atoms with Crippen LogP contribution in [0.4, 0.5) is 4.39 Å². The first kappa shape index (κ1) is 15.9. The molecule has 1 aromatic heterocycles. The highest BCUT2D eigenvalue weighted by Crippen LogP contribution is 2.38. The largest absolute Gasteiger partial charge is 0.503 e. The fraction of sp³-hybridized carbons (Fsp3) is 0.167. The van der Waals surface area contributed by atoms with Crippen LogP contribution in [-0.2, 0) is 16.1 Å². The Bertz CT molecular complexity index is 816. The number of ketones is 1. The second-order valence-electron chi connectivity index (χ2n) is 5.62. The number of aromatic nitrogens is 1. The average Bonchev–Trinajstić information content (AvgIpc) is 2.82. The number of carbonyl (C=O) groups excluding carboxylic acids is 2. The van der Waals surface area contributed by atoms with Crippen LogP contribution >= 0.6 is 0 Å². The number of nitrogens with one attached hydrogen (secondary N) is 1. The quantitative estimate of drug-likeness (QED) is 0.935. The SMILES string of the molecule is CC(=O)C1=C(O)C(=O)N(Cc2ccc[nH+]c2)C1c1ccc(F)cc1. The predicted octanol–water partition coefficient (Wildman–Crippen LogP) is 2.12. The number of carbonyl (C=O) groups is 2. The molecule has 0 aliphatic carbocycles. The van der Waals surface area contributed by atoms with E-state index in [1.807, 2.05) is 6.07 Å². The van der Waals surface area contributed by atoms with E-state index in [1.165, 1.54) is 36.1 Å². The minimum absolute atomic E-state index is 0.0338. The summed E-state index contributed by atoms with van der Waals surface area (Å²) in [5.41, 5.74) is 1.42. The van der Waals surface area contributed by atoms with E-state index in [9.17, 15) is 19.1 Å². The molecule has 0 bridgehead atoms. The molecule has 6 heteroatoms. The molecule has 2 aromatic rings. The molecule has 1 aliphatic rings. The summed E-state index contributed by atoms with van der Waals surface area (Å²) in [6.07, 6.45) is 3.47. The summed E-state index contributed by atoms with van der Waals surface area (Å²) < 4.78 is 13.2. The molecule has 1 aromatic carbocycles. The number of Topliss-reactive ketones (excluding diaryl/α,β-unsaturated/α-hetero) is 1. The third kappa shape index (κ3) is 2.78. The third-order valence-electron chi connectivity index (χ3n) is 3.99. The van der Waals surface area contributed by atoms with Gasteiger partial charge in [0, 0.05) is 11.6 Å². The van der Waals surface area contributed by atoms with Crippen LogP contribution in [0.25, 0.3) is 0 Å². The van der Waals surface area contributed by atoms with Gasteiger partial charge in [0.2, 0.25) is 0 Å². The average molecular weight is 327 g/mol. The van der Waals surface area contributed by atoms with Crippen molar-refractivity contribution in [1.29, 1.82) is 0 Å². The van der Waals surface area contributed by atoms with E-state index in [0.717, 1.165) is 5.56 Å². The summed E-state index contributed by atoms with van der Waals surface area (Å²) in [6.45, 7) is 1.51. The van der Waals surface area contributed by atoms with Gasteiger partial charge in [-0.3, -0.25) is 9.59 Å². The summed E-state index contributed by atoms with van der Waals surface area (Å²) in [6, 6.07) is 8.44. The molecule has 1 aliphatic heterocycles. The zero-order chi connectivity index (χ0) is 17.3. The van der Waals surface area contributed by atoms with Gasteiger partial charge >= 0.3 is 0 Å². The smallest absolute Gasteiger partial charge is 0.290 e. The lowest BCUT2D eigenvalue weighted by atomic mass is 9.96. The number of amides is 1. The highest BCUT2D eigenvalue weighted by atomic mass is 19.1. The van der Waals surface area contributed by atoms with Crippen LogP contribution in [0.1, 0.15) is 24.1 Å². The molecule has 122 valence electrons. The Kier molecular flexibility index (Phi) is 4.12. The van der Waals surface area contributed by atoms with Crippen LogP contribution in [0.15, 0.2) is 60.1 Å². The maximum atomic E-state index is 13.2. The van der Waals surface area contributed by atoms with Crippen LogP contribution < -0.4 is 4.98 Å². The zero-order valence-corrected chi connectivity index (χ0v) is 13.0. The van der Waals surface area contributed by atoms with Gasteiger partial charge in [0.1, 0.15) is 5.82 Å². The molecule has 0 fully saturated rings. The molecule has 2 heterocycles. The lowest BCUT2D eigenvalue weighted by molar-refractivity contribution is -0.378. The van der Waals surface area contributed by atoms with Gasteiger partial charge in [0.05, 0.1) is 18.2 Å². The number of hydrogen-bond acceptors (Lipinski definition) is 3. The van der Waals surface area contributed by atoms with E-state index in [0.29, 0.717) is 5.56 Å². The fourth-order valence-corrected chi connectivity index (χ4v) is 2.89. The number of pyridine rings is 1. The summed E-state index contributed by atoms with van der Waals surface area (Å²) in [5, 5.41) is 10.1. The second kappa shape index (κ2) is 6.23. The van der Waals surface area contributed by atoms with Gasteiger partial charge < -0.3 is 10.0 Å². The van der Waals surface area contributed by atoms with Gasteiger partial charge in [-0.1, -0.05) is 12.1 Å². The monoisotopic (exact) mass is 327 g/mol. The Labute approximate surface area is 138 Å². The van der Waals surface area contributed by atoms with E-state index in [2.05, 4.69) is 4.98 Å². The van der Waals surface area contributed by atoms with Gasteiger partial charge in [-0.15, -0.1) is 0 Å². The topological polar surface area (TPSA) is 71.8 Å². The van der Waals surface area contributed by atoms with Crippen LogP contribution in [0.5, 0.6) is 0 Å². The number of aliphatic hydroxyl groups excluding tert-OH is 1. The Morgan fingerprint density at radius 1 is 1.29 bits per heavy atom. The van der Waals surface area contributed by atoms with Crippen molar-refractivity contribution in [2.24, 2.45) is 0 Å². The summed E-state index contributed by atoms with van der Waals surface area (Å²) in [4.78, 5) is 28.8. The molecule has 5 nitrogen and oxygen atoms in total. The van der Waals surface area contributed by atoms with Gasteiger partial charge in [0.25, 0.3) is 5.91 Å². The summed E-state index contributed by atoms with van der Waals surface area (Å²) in [7, 11) is 0. The molecule has 2 N–H and O–H groups in total. The Hall–Kier alpha value is -3.02. The van der Waals surface area contributed by atoms with Gasteiger partial charge in [-0.2, -0.15) is 0 Å². The lowest BCUT2D eigenvalue weighted by Gasteiger charge is -2.26. The van der Waals surface area contributed by atoms with Gasteiger partial charge in [0.15, 0.2) is 23.9 Å². The van der Waals surface area contributed by atoms with Crippen LogP contribution in [0.2, 0.25) is 0 Å². The maximum absolute atomic E-state index is 13.2. The first-order valence-corrected chi connectivity index (χ1v) is 7.44. The Balaban J connectivity index is 2.04. The number of halogens is 1. The van der Waals surface area contributed by atoms with Crippen molar-refractivity contribution in [2.45, 2.75) is 19.5 Å². The van der Waals surface area contributed by atoms with Crippen molar-refractivity contribution in [3.05, 3.63) is 77.1 Å². The van der Waals surface area contributed by atoms with E-state index < -0.39 is 29.3 Å². The molecule has 0 saturated heterocycles. The van der Waals surface area contributed by atoms with Gasteiger partial charge in [-0.25, -0.2) is 9.37 Å². The molecular formula is C18H16FN2O3+. The Morgan fingerprint density at radius 2 is 2.00 bits per heavy atom. The van der Waals surface area contributed by atoms with Crippen molar-refractivity contribution < 1.29 is 24.1 Å². The molecule has 24 heavy (non-hydrogen) atoms. The number of aliphatic hydroxyl groups is 1. The normalized spacial score (nSPS) is 17.5. The van der Waals surface area contributed by atoms with Crippen molar-refractivity contribution in [3.63, 3.8) is 0 Å². The van der Waals surface area contributed by atoms with Crippen molar-refractivity contribution >= 4 is 11.7 Å². The second-order valence-corrected chi connectivity index (χ2v) is 5.62. The van der Waals surface area contributed by atoms with Gasteiger partial charge in [-0.05, 0) is 30.7 Å². The molecule has 0 saturated carbocycles. The molecular weight excluding hydrogens is 311 g/mol. The Morgan fingerprint density at radius 3 is 2.58 bits per heavy atom. The van der Waals surface area contributed by atoms with E-state index in [4.69, 9.17) is 0 Å². The van der Waals surface area contributed by atoms with Crippen LogP contribution in [0, 0.1) is 5.82 Å². The van der Waals surface area contributed by atoms with Crippen molar-refractivity contribution in [2.75, 3.05) is 0 Å². The minimum Gasteiger partial charge on any atom is -0.503 e. The summed E-state index contributed by atoms with van der Waals surface area (Å²) >= 11 is 0. The van der Waals surface area contributed by atoms with Crippen LogP contribution in [0.3, 0.4) is 0 Å². The highest BCUT2D eigenvalue weighted by molar-refractivity contribution is 6.08. The first-order chi connectivity index (χ1) is 11.5. The molecule has 1 unspecified atom stereocenters. The number of aromatic amines is 1. The van der Waals surface area contributed by atoms with Crippen LogP contribution in [-0.4, -0.2) is 21.7 Å². The van der Waals surface area contributed by atoms with Crippen molar-refractivity contribution in [1.82, 2.24) is 4.90 Å². The molecule has 1 amide bonds. The van der Waals surface area contributed by atoms with E-state index in [-0.39, 0.29) is 12.1 Å². The number of benzene rings is 1.